The second kappa shape index (κ2) is 5.01. The van der Waals surface area contributed by atoms with Crippen LogP contribution in [0.15, 0.2) is 30.3 Å². The number of fused-ring (bicyclic) bond motifs is 2. The molecule has 0 aliphatic carbocycles. The molecule has 2 heterocycles. The highest BCUT2D eigenvalue weighted by molar-refractivity contribution is 6.03. The second-order valence-corrected chi connectivity index (χ2v) is 5.86. The minimum atomic E-state index is -1.48. The first-order valence-corrected chi connectivity index (χ1v) is 7.36. The summed E-state index contributed by atoms with van der Waals surface area (Å²) in [4.78, 5) is 12.3. The van der Waals surface area contributed by atoms with Crippen molar-refractivity contribution in [3.05, 3.63) is 58.9 Å². The van der Waals surface area contributed by atoms with E-state index in [9.17, 15) is 18.0 Å². The maximum Gasteiger partial charge on any atom is 0.196 e. The number of nitrogens with one attached hydrogen (secondary N) is 2. The molecule has 0 radical (unpaired) electrons. The Bertz CT molecular complexity index is 822. The van der Waals surface area contributed by atoms with E-state index in [1.54, 1.807) is 18.2 Å². The van der Waals surface area contributed by atoms with Crippen molar-refractivity contribution in [2.24, 2.45) is 0 Å². The highest BCUT2D eigenvalue weighted by Gasteiger charge is 2.37. The molecule has 4 rings (SSSR count). The fourth-order valence-electron chi connectivity index (χ4n) is 3.42. The summed E-state index contributed by atoms with van der Waals surface area (Å²) < 4.78 is 40.8. The monoisotopic (exact) mass is 318 g/mol. The Morgan fingerprint density at radius 2 is 1.87 bits per heavy atom. The fourth-order valence-corrected chi connectivity index (χ4v) is 3.42. The molecule has 2 aromatic rings. The molecule has 23 heavy (non-hydrogen) atoms. The van der Waals surface area contributed by atoms with Crippen LogP contribution in [0, 0.1) is 17.5 Å². The number of carbonyl (C=O) groups excluding carboxylic acids is 1. The molecule has 0 fully saturated rings. The van der Waals surface area contributed by atoms with E-state index in [0.29, 0.717) is 23.4 Å². The van der Waals surface area contributed by atoms with Crippen molar-refractivity contribution in [2.75, 3.05) is 17.2 Å². The van der Waals surface area contributed by atoms with Crippen molar-refractivity contribution in [1.82, 2.24) is 0 Å². The van der Waals surface area contributed by atoms with Gasteiger partial charge in [-0.25, -0.2) is 13.2 Å². The number of hydrogen-bond acceptors (Lipinski definition) is 3. The molecule has 0 amide bonds. The molecule has 0 saturated heterocycles. The lowest BCUT2D eigenvalue weighted by molar-refractivity contribution is 0.0969. The van der Waals surface area contributed by atoms with Gasteiger partial charge >= 0.3 is 0 Å². The quantitative estimate of drug-likeness (QED) is 0.788. The average Bonchev–Trinajstić information content (AvgIpc) is 2.96. The Labute approximate surface area is 130 Å². The van der Waals surface area contributed by atoms with Gasteiger partial charge in [-0.3, -0.25) is 4.79 Å². The van der Waals surface area contributed by atoms with Gasteiger partial charge in [0.05, 0.1) is 5.69 Å². The third-order valence-electron chi connectivity index (χ3n) is 4.55. The second-order valence-electron chi connectivity index (χ2n) is 5.86. The lowest BCUT2D eigenvalue weighted by atomic mass is 9.85. The molecule has 2 aliphatic heterocycles. The number of rotatable bonds is 1. The molecule has 0 saturated carbocycles. The van der Waals surface area contributed by atoms with Crippen LogP contribution in [-0.4, -0.2) is 18.4 Å². The van der Waals surface area contributed by atoms with E-state index in [2.05, 4.69) is 10.6 Å². The summed E-state index contributed by atoms with van der Waals surface area (Å²) in [6, 6.07) is 7.88. The molecular weight excluding hydrogens is 305 g/mol. The number of halogens is 3. The van der Waals surface area contributed by atoms with Gasteiger partial charge in [0.1, 0.15) is 0 Å². The van der Waals surface area contributed by atoms with Crippen molar-refractivity contribution >= 4 is 17.2 Å². The summed E-state index contributed by atoms with van der Waals surface area (Å²) in [7, 11) is 0. The first-order valence-electron chi connectivity index (χ1n) is 7.36. The molecule has 0 spiro atoms. The predicted octanol–water partition coefficient (Wildman–Crippen LogP) is 3.68. The largest absolute Gasteiger partial charge is 0.382 e. The van der Waals surface area contributed by atoms with Crippen molar-refractivity contribution in [2.45, 2.75) is 18.4 Å². The molecular formula is C17H13F3N2O. The Kier molecular flexibility index (Phi) is 3.07. The van der Waals surface area contributed by atoms with Crippen molar-refractivity contribution in [3.63, 3.8) is 0 Å². The van der Waals surface area contributed by atoms with Gasteiger partial charge in [-0.15, -0.1) is 0 Å². The lowest BCUT2D eigenvalue weighted by Gasteiger charge is -2.30. The van der Waals surface area contributed by atoms with Gasteiger partial charge in [0.15, 0.2) is 23.2 Å². The molecule has 2 N–H and O–H groups in total. The van der Waals surface area contributed by atoms with Gasteiger partial charge in [-0.1, -0.05) is 12.1 Å². The number of carbonyl (C=O) groups is 1. The Balaban J connectivity index is 1.72. The SMILES string of the molecule is O=C1CC(C2CNc3c2cc(F)c(F)c3F)Nc2ccccc21. The van der Waals surface area contributed by atoms with Crippen LogP contribution in [0.4, 0.5) is 24.5 Å². The maximum absolute atomic E-state index is 13.9. The number of ketones is 1. The summed E-state index contributed by atoms with van der Waals surface area (Å²) in [5.41, 5.74) is 1.68. The Hall–Kier alpha value is -2.50. The smallest absolute Gasteiger partial charge is 0.196 e. The van der Waals surface area contributed by atoms with Crippen molar-refractivity contribution in [1.29, 1.82) is 0 Å². The van der Waals surface area contributed by atoms with Crippen LogP contribution in [0.25, 0.3) is 0 Å². The molecule has 2 unspecified atom stereocenters. The number of para-hydroxylation sites is 1. The van der Waals surface area contributed by atoms with Crippen LogP contribution in [0.2, 0.25) is 0 Å². The molecule has 3 nitrogen and oxygen atoms in total. The zero-order valence-electron chi connectivity index (χ0n) is 12.0. The van der Waals surface area contributed by atoms with Crippen molar-refractivity contribution in [3.8, 4) is 0 Å². The molecule has 6 heteroatoms. The first kappa shape index (κ1) is 14.1. The van der Waals surface area contributed by atoms with Crippen LogP contribution in [0.5, 0.6) is 0 Å². The lowest BCUT2D eigenvalue weighted by Crippen LogP contribution is -2.35. The van der Waals surface area contributed by atoms with Crippen LogP contribution in [0.3, 0.4) is 0 Å². The first-order chi connectivity index (χ1) is 11.1. The van der Waals surface area contributed by atoms with Gasteiger partial charge in [-0.05, 0) is 23.8 Å². The summed E-state index contributed by atoms with van der Waals surface area (Å²) in [6.07, 6.45) is 0.226. The zero-order chi connectivity index (χ0) is 16.1. The summed E-state index contributed by atoms with van der Waals surface area (Å²) in [5, 5.41) is 6.05. The van der Waals surface area contributed by atoms with Crippen LogP contribution >= 0.6 is 0 Å². The van der Waals surface area contributed by atoms with E-state index in [1.165, 1.54) is 0 Å². The predicted molar refractivity (Wildman–Crippen MR) is 80.3 cm³/mol. The third-order valence-corrected chi connectivity index (χ3v) is 4.55. The Morgan fingerprint density at radius 3 is 2.70 bits per heavy atom. The normalized spacial score (nSPS) is 22.1. The Morgan fingerprint density at radius 1 is 1.09 bits per heavy atom. The number of benzene rings is 2. The highest BCUT2D eigenvalue weighted by atomic mass is 19.2. The van der Waals surface area contributed by atoms with Crippen LogP contribution in [0.1, 0.15) is 28.3 Å². The summed E-state index contributed by atoms with van der Waals surface area (Å²) in [6.45, 7) is 0.322. The molecule has 2 atom stereocenters. The van der Waals surface area contributed by atoms with E-state index >= 15 is 0 Å². The molecule has 0 aromatic heterocycles. The topological polar surface area (TPSA) is 41.1 Å². The zero-order valence-corrected chi connectivity index (χ0v) is 12.0. The maximum atomic E-state index is 13.9. The minimum Gasteiger partial charge on any atom is -0.382 e. The summed E-state index contributed by atoms with van der Waals surface area (Å²) in [5.74, 6) is -4.22. The number of anilines is 2. The van der Waals surface area contributed by atoms with Crippen LogP contribution in [-0.2, 0) is 0 Å². The standard InChI is InChI=1S/C17H13F3N2O/c18-11-5-9-10(7-21-17(9)16(20)15(11)19)13-6-14(23)8-3-1-2-4-12(8)22-13/h1-5,10,13,21-22H,6-7H2. The number of hydrogen-bond donors (Lipinski definition) is 2. The summed E-state index contributed by atoms with van der Waals surface area (Å²) >= 11 is 0. The molecule has 118 valence electrons. The molecule has 2 aromatic carbocycles. The van der Waals surface area contributed by atoms with E-state index in [4.69, 9.17) is 0 Å². The van der Waals surface area contributed by atoms with E-state index < -0.39 is 17.5 Å². The fraction of sp³-hybridized carbons (Fsp3) is 0.235. The number of Topliss-reactive ketones (excluding diaryl/α,β-unsaturated/α-hetero) is 1. The van der Waals surface area contributed by atoms with Gasteiger partial charge in [-0.2, -0.15) is 0 Å². The third kappa shape index (κ3) is 2.09. The highest BCUT2D eigenvalue weighted by Crippen LogP contribution is 2.41. The van der Waals surface area contributed by atoms with Gasteiger partial charge in [0.25, 0.3) is 0 Å². The van der Waals surface area contributed by atoms with Gasteiger partial charge in [0.2, 0.25) is 0 Å². The van der Waals surface area contributed by atoms with E-state index in [1.807, 2.05) is 6.07 Å². The van der Waals surface area contributed by atoms with Gasteiger partial charge < -0.3 is 10.6 Å². The molecule has 0 bridgehead atoms. The molecule has 2 aliphatic rings. The van der Waals surface area contributed by atoms with E-state index in [0.717, 1.165) is 6.07 Å². The van der Waals surface area contributed by atoms with Gasteiger partial charge in [0, 0.05) is 36.2 Å². The average molecular weight is 318 g/mol. The van der Waals surface area contributed by atoms with E-state index in [-0.39, 0.29) is 29.9 Å². The van der Waals surface area contributed by atoms with Crippen molar-refractivity contribution < 1.29 is 18.0 Å². The minimum absolute atomic E-state index is 0.0120. The van der Waals surface area contributed by atoms with Crippen LogP contribution < -0.4 is 10.6 Å².